The average Bonchev–Trinajstić information content (AvgIpc) is 3.90. The van der Waals surface area contributed by atoms with Gasteiger partial charge in [0.15, 0.2) is 0 Å². The molecule has 0 bridgehead atoms. The Morgan fingerprint density at radius 1 is 0.152 bits per heavy atom. The van der Waals surface area contributed by atoms with Gasteiger partial charge in [-0.3, -0.25) is 0 Å². The molecule has 0 spiro atoms. The molecule has 12 aromatic rings. The third kappa shape index (κ3) is 5.46. The zero-order valence-electron chi connectivity index (χ0n) is 36.1. The maximum absolute atomic E-state index is 2.40. The molecule has 0 amide bonds. The van der Waals surface area contributed by atoms with E-state index >= 15 is 0 Å². The molecule has 0 aliphatic heterocycles. The Labute approximate surface area is 384 Å². The molecule has 2 aliphatic carbocycles. The van der Waals surface area contributed by atoms with Gasteiger partial charge in [-0.2, -0.15) is 0 Å². The highest BCUT2D eigenvalue weighted by Gasteiger charge is 2.25. The Kier molecular flexibility index (Phi) is 8.08. The summed E-state index contributed by atoms with van der Waals surface area (Å²) in [5.74, 6) is 0. The van der Waals surface area contributed by atoms with Crippen LogP contribution in [0.2, 0.25) is 0 Å². The molecule has 0 atom stereocenters. The topological polar surface area (TPSA) is 0 Å². The molecule has 0 heteroatoms. The SMILES string of the molecule is c1ccc(-c2c(-c3cccc(-c4ccc5c6c(cccc46)-c4ccccc4-5)c3)ccc3c(-c4ccccc4)c(-c4cccc(-c5ccc6c7c(cccc57)-c5ccccc5-6)c4)ccc23)cc1. The Morgan fingerprint density at radius 3 is 0.848 bits per heavy atom. The Morgan fingerprint density at radius 2 is 0.439 bits per heavy atom. The first kappa shape index (κ1) is 36.9. The van der Waals surface area contributed by atoms with Gasteiger partial charge in [0.2, 0.25) is 0 Å². The molecular weight excluding hydrogens is 793 g/mol. The molecular formula is C66H40. The summed E-state index contributed by atoms with van der Waals surface area (Å²) in [5.41, 5.74) is 25.3. The molecule has 66 heavy (non-hydrogen) atoms. The zero-order chi connectivity index (χ0) is 43.3. The van der Waals surface area contributed by atoms with Crippen LogP contribution in [0.4, 0.5) is 0 Å². The summed E-state index contributed by atoms with van der Waals surface area (Å²) < 4.78 is 0. The largest absolute Gasteiger partial charge is 0.0622 e. The van der Waals surface area contributed by atoms with E-state index in [4.69, 9.17) is 0 Å². The molecule has 0 unspecified atom stereocenters. The monoisotopic (exact) mass is 832 g/mol. The molecule has 0 saturated heterocycles. The second-order valence-electron chi connectivity index (χ2n) is 17.8. The lowest BCUT2D eigenvalue weighted by Gasteiger charge is -2.20. The van der Waals surface area contributed by atoms with Gasteiger partial charge in [0.25, 0.3) is 0 Å². The maximum Gasteiger partial charge on any atom is -0.00201 e. The van der Waals surface area contributed by atoms with Crippen LogP contribution in [-0.2, 0) is 0 Å². The number of rotatable bonds is 6. The summed E-state index contributed by atoms with van der Waals surface area (Å²) in [6.07, 6.45) is 0. The molecule has 0 radical (unpaired) electrons. The standard InChI is InChI=1S/C66H40/c1-3-15-41(16-4-1)63-49(45-21-11-19-43(39-45)47-31-35-59-53-25-9-7-23-51(53)57-29-13-27-55(47)65(57)59)33-38-62-61(63)37-34-50(64(62)42-17-5-2-6-18-42)46-22-12-20-44(40-46)48-32-36-60-54-26-10-8-24-52(54)58-30-14-28-56(48)66(58)60/h1-40H. The van der Waals surface area contributed by atoms with E-state index in [1.807, 2.05) is 0 Å². The summed E-state index contributed by atoms with van der Waals surface area (Å²) >= 11 is 0. The molecule has 0 saturated carbocycles. The number of benzene rings is 12. The lowest BCUT2D eigenvalue weighted by Crippen LogP contribution is -1.93. The van der Waals surface area contributed by atoms with Gasteiger partial charge in [-0.1, -0.05) is 231 Å². The fraction of sp³-hybridized carbons (Fsp3) is 0. The van der Waals surface area contributed by atoms with Crippen molar-refractivity contribution in [2.45, 2.75) is 0 Å². The highest BCUT2D eigenvalue weighted by atomic mass is 14.3. The molecule has 0 aromatic heterocycles. The van der Waals surface area contributed by atoms with Crippen molar-refractivity contribution in [3.63, 3.8) is 0 Å². The van der Waals surface area contributed by atoms with E-state index in [1.165, 1.54) is 144 Å². The van der Waals surface area contributed by atoms with Gasteiger partial charge in [-0.25, -0.2) is 0 Å². The summed E-state index contributed by atoms with van der Waals surface area (Å²) in [7, 11) is 0. The zero-order valence-corrected chi connectivity index (χ0v) is 36.1. The van der Waals surface area contributed by atoms with Crippen molar-refractivity contribution in [3.05, 3.63) is 243 Å². The predicted octanol–water partition coefficient (Wildman–Crippen LogP) is 18.4. The lowest BCUT2D eigenvalue weighted by atomic mass is 9.83. The highest BCUT2D eigenvalue weighted by Crippen LogP contribution is 2.52. The van der Waals surface area contributed by atoms with Gasteiger partial charge >= 0.3 is 0 Å². The van der Waals surface area contributed by atoms with Gasteiger partial charge in [-0.05, 0) is 156 Å². The van der Waals surface area contributed by atoms with E-state index in [2.05, 4.69) is 243 Å². The van der Waals surface area contributed by atoms with Crippen molar-refractivity contribution in [3.8, 4) is 111 Å². The van der Waals surface area contributed by atoms with Crippen molar-refractivity contribution >= 4 is 32.3 Å². The third-order valence-electron chi connectivity index (χ3n) is 14.4. The predicted molar refractivity (Wildman–Crippen MR) is 280 cm³/mol. The van der Waals surface area contributed by atoms with Crippen LogP contribution in [-0.4, -0.2) is 0 Å². The van der Waals surface area contributed by atoms with Crippen LogP contribution < -0.4 is 0 Å². The molecule has 12 aromatic carbocycles. The molecule has 304 valence electrons. The van der Waals surface area contributed by atoms with Crippen LogP contribution in [0.3, 0.4) is 0 Å². The Bertz CT molecular complexity index is 3650. The van der Waals surface area contributed by atoms with Crippen LogP contribution >= 0.6 is 0 Å². The first-order chi connectivity index (χ1) is 32.8. The first-order valence-electron chi connectivity index (χ1n) is 23.0. The van der Waals surface area contributed by atoms with E-state index in [9.17, 15) is 0 Å². The van der Waals surface area contributed by atoms with E-state index in [-0.39, 0.29) is 0 Å². The van der Waals surface area contributed by atoms with Crippen LogP contribution in [0, 0.1) is 0 Å². The summed E-state index contributed by atoms with van der Waals surface area (Å²) in [6, 6.07) is 90.3. The van der Waals surface area contributed by atoms with Crippen LogP contribution in [0.5, 0.6) is 0 Å². The number of fused-ring (bicyclic) bond motifs is 7. The molecule has 0 nitrogen and oxygen atoms in total. The third-order valence-corrected chi connectivity index (χ3v) is 14.4. The molecule has 14 rings (SSSR count). The van der Waals surface area contributed by atoms with Gasteiger partial charge in [0, 0.05) is 0 Å². The number of hydrogen-bond donors (Lipinski definition) is 0. The fourth-order valence-electron chi connectivity index (χ4n) is 11.5. The second kappa shape index (κ2) is 14.5. The minimum Gasteiger partial charge on any atom is -0.0622 e. The van der Waals surface area contributed by atoms with Gasteiger partial charge in [-0.15, -0.1) is 0 Å². The van der Waals surface area contributed by atoms with E-state index in [1.54, 1.807) is 0 Å². The molecule has 0 N–H and O–H groups in total. The summed E-state index contributed by atoms with van der Waals surface area (Å²) in [4.78, 5) is 0. The first-order valence-corrected chi connectivity index (χ1v) is 23.0. The smallest absolute Gasteiger partial charge is 0.00201 e. The Hall–Kier alpha value is -8.58. The molecule has 0 fully saturated rings. The number of hydrogen-bond acceptors (Lipinski definition) is 0. The van der Waals surface area contributed by atoms with Gasteiger partial charge in [0.1, 0.15) is 0 Å². The highest BCUT2D eigenvalue weighted by molar-refractivity contribution is 6.20. The fourth-order valence-corrected chi connectivity index (χ4v) is 11.5. The van der Waals surface area contributed by atoms with Crippen molar-refractivity contribution in [2.75, 3.05) is 0 Å². The van der Waals surface area contributed by atoms with Crippen molar-refractivity contribution < 1.29 is 0 Å². The second-order valence-corrected chi connectivity index (χ2v) is 17.8. The normalized spacial score (nSPS) is 11.9. The summed E-state index contributed by atoms with van der Waals surface area (Å²) in [5, 5.41) is 7.76. The van der Waals surface area contributed by atoms with Gasteiger partial charge < -0.3 is 0 Å². The molecule has 0 heterocycles. The van der Waals surface area contributed by atoms with Gasteiger partial charge in [0.05, 0.1) is 0 Å². The van der Waals surface area contributed by atoms with E-state index < -0.39 is 0 Å². The van der Waals surface area contributed by atoms with Crippen LogP contribution in [0.15, 0.2) is 243 Å². The van der Waals surface area contributed by atoms with E-state index in [0.29, 0.717) is 0 Å². The molecule has 2 aliphatic rings. The minimum absolute atomic E-state index is 1.20. The minimum atomic E-state index is 1.20. The van der Waals surface area contributed by atoms with E-state index in [0.717, 1.165) is 0 Å². The van der Waals surface area contributed by atoms with Crippen molar-refractivity contribution in [1.29, 1.82) is 0 Å². The van der Waals surface area contributed by atoms with Crippen molar-refractivity contribution in [2.24, 2.45) is 0 Å². The summed E-state index contributed by atoms with van der Waals surface area (Å²) in [6.45, 7) is 0. The van der Waals surface area contributed by atoms with Crippen LogP contribution in [0.1, 0.15) is 0 Å². The quantitative estimate of drug-likeness (QED) is 0.157. The lowest BCUT2D eigenvalue weighted by molar-refractivity contribution is 1.58. The maximum atomic E-state index is 2.40. The Balaban J connectivity index is 0.943. The van der Waals surface area contributed by atoms with Crippen LogP contribution in [0.25, 0.3) is 144 Å². The van der Waals surface area contributed by atoms with Crippen molar-refractivity contribution in [1.82, 2.24) is 0 Å². The average molecular weight is 833 g/mol.